The molecule has 0 saturated heterocycles. The highest BCUT2D eigenvalue weighted by Gasteiger charge is 1.89. The van der Waals surface area contributed by atoms with Crippen molar-refractivity contribution >= 4 is 12.6 Å². The Labute approximate surface area is 66.5 Å². The van der Waals surface area contributed by atoms with Crippen molar-refractivity contribution in [2.75, 3.05) is 5.75 Å². The van der Waals surface area contributed by atoms with Crippen molar-refractivity contribution in [1.82, 2.24) is 0 Å². The first kappa shape index (κ1) is 9.50. The fraction of sp³-hybridized carbons (Fsp3) is 0.250. The summed E-state index contributed by atoms with van der Waals surface area (Å²) < 4.78 is 12.5. The van der Waals surface area contributed by atoms with E-state index in [0.717, 1.165) is 0 Å². The van der Waals surface area contributed by atoms with Crippen molar-refractivity contribution < 1.29 is 4.39 Å². The topological polar surface area (TPSA) is 0 Å². The van der Waals surface area contributed by atoms with Crippen LogP contribution in [0.3, 0.4) is 0 Å². The molecular formula is C8H11FS. The molecular weight excluding hydrogens is 147 g/mol. The van der Waals surface area contributed by atoms with Crippen LogP contribution in [-0.2, 0) is 0 Å². The highest BCUT2D eigenvalue weighted by Crippen LogP contribution is 2.07. The summed E-state index contributed by atoms with van der Waals surface area (Å²) in [5, 5.41) is 0. The molecule has 0 aromatic heterocycles. The molecule has 0 radical (unpaired) electrons. The van der Waals surface area contributed by atoms with E-state index >= 15 is 0 Å². The Balaban J connectivity index is 4.17. The van der Waals surface area contributed by atoms with E-state index in [1.807, 2.05) is 0 Å². The summed E-state index contributed by atoms with van der Waals surface area (Å²) in [4.78, 5) is 0. The Morgan fingerprint density at radius 1 is 1.70 bits per heavy atom. The molecule has 0 aliphatic rings. The summed E-state index contributed by atoms with van der Waals surface area (Å²) in [6.45, 7) is 5.00. The predicted molar refractivity (Wildman–Crippen MR) is 47.0 cm³/mol. The Morgan fingerprint density at radius 3 is 2.70 bits per heavy atom. The number of hydrogen-bond acceptors (Lipinski definition) is 1. The van der Waals surface area contributed by atoms with Gasteiger partial charge in [-0.2, -0.15) is 12.6 Å². The van der Waals surface area contributed by atoms with Crippen LogP contribution in [0.5, 0.6) is 0 Å². The fourth-order valence-corrected chi connectivity index (χ4v) is 0.575. The van der Waals surface area contributed by atoms with E-state index in [4.69, 9.17) is 0 Å². The second-order valence-corrected chi connectivity index (χ2v) is 2.19. The number of allylic oxidation sites excluding steroid dienone is 4. The lowest BCUT2D eigenvalue weighted by atomic mass is 10.2. The third-order valence-electron chi connectivity index (χ3n) is 1.03. The maximum atomic E-state index is 12.5. The highest BCUT2D eigenvalue weighted by molar-refractivity contribution is 7.80. The van der Waals surface area contributed by atoms with E-state index in [2.05, 4.69) is 19.2 Å². The van der Waals surface area contributed by atoms with Crippen molar-refractivity contribution in [3.05, 3.63) is 36.2 Å². The van der Waals surface area contributed by atoms with E-state index in [0.29, 0.717) is 11.3 Å². The first-order valence-electron chi connectivity index (χ1n) is 2.98. The molecule has 0 N–H and O–H groups in total. The highest BCUT2D eigenvalue weighted by atomic mass is 32.1. The molecule has 0 fully saturated rings. The molecule has 0 spiro atoms. The van der Waals surface area contributed by atoms with Crippen molar-refractivity contribution in [1.29, 1.82) is 0 Å². The van der Waals surface area contributed by atoms with E-state index in [1.54, 1.807) is 19.1 Å². The molecule has 0 amide bonds. The number of hydrogen-bond donors (Lipinski definition) is 1. The third kappa shape index (κ3) is 3.51. The summed E-state index contributed by atoms with van der Waals surface area (Å²) in [6.07, 6.45) is 4.66. The SMILES string of the molecule is C=C/C(F)=C(C)\C=C/CS. The van der Waals surface area contributed by atoms with Crippen LogP contribution >= 0.6 is 12.6 Å². The number of thiol groups is 1. The Kier molecular flexibility index (Phi) is 5.03. The summed E-state index contributed by atoms with van der Waals surface area (Å²) in [5.41, 5.74) is 0.587. The Hall–Kier alpha value is -0.500. The second-order valence-electron chi connectivity index (χ2n) is 1.82. The number of halogens is 1. The standard InChI is InChI=1S/C8H11FS/c1-3-8(9)7(2)5-4-6-10/h3-5,10H,1,6H2,2H3/b5-4-,8-7+. The Bertz CT molecular complexity index is 168. The lowest BCUT2D eigenvalue weighted by Crippen LogP contribution is -1.73. The molecule has 0 aromatic carbocycles. The summed E-state index contributed by atoms with van der Waals surface area (Å²) in [7, 11) is 0. The second kappa shape index (κ2) is 5.30. The van der Waals surface area contributed by atoms with Crippen LogP contribution in [0, 0.1) is 0 Å². The van der Waals surface area contributed by atoms with Gasteiger partial charge in [0.2, 0.25) is 0 Å². The van der Waals surface area contributed by atoms with Crippen molar-refractivity contribution in [2.45, 2.75) is 6.92 Å². The van der Waals surface area contributed by atoms with Crippen LogP contribution in [0.25, 0.3) is 0 Å². The minimum atomic E-state index is -0.280. The Morgan fingerprint density at radius 2 is 2.30 bits per heavy atom. The van der Waals surface area contributed by atoms with Crippen LogP contribution in [0.4, 0.5) is 4.39 Å². The van der Waals surface area contributed by atoms with Gasteiger partial charge >= 0.3 is 0 Å². The summed E-state index contributed by atoms with van der Waals surface area (Å²) in [5.74, 6) is 0.347. The minimum Gasteiger partial charge on any atom is -0.207 e. The molecule has 0 aromatic rings. The van der Waals surface area contributed by atoms with Gasteiger partial charge in [-0.25, -0.2) is 4.39 Å². The molecule has 0 aliphatic heterocycles. The quantitative estimate of drug-likeness (QED) is 0.474. The molecule has 2 heteroatoms. The van der Waals surface area contributed by atoms with Gasteiger partial charge in [-0.05, 0) is 18.6 Å². The van der Waals surface area contributed by atoms with E-state index in [9.17, 15) is 4.39 Å². The fourth-order valence-electron chi connectivity index (χ4n) is 0.470. The van der Waals surface area contributed by atoms with Gasteiger partial charge in [-0.15, -0.1) is 0 Å². The molecule has 0 unspecified atom stereocenters. The van der Waals surface area contributed by atoms with Crippen LogP contribution in [-0.4, -0.2) is 5.75 Å². The maximum Gasteiger partial charge on any atom is 0.125 e. The average Bonchev–Trinajstić information content (AvgIpc) is 1.98. The zero-order valence-corrected chi connectivity index (χ0v) is 6.87. The largest absolute Gasteiger partial charge is 0.207 e. The van der Waals surface area contributed by atoms with Gasteiger partial charge in [0.25, 0.3) is 0 Å². The molecule has 0 atom stereocenters. The van der Waals surface area contributed by atoms with Gasteiger partial charge in [-0.1, -0.05) is 18.7 Å². The number of rotatable bonds is 3. The normalized spacial score (nSPS) is 13.5. The van der Waals surface area contributed by atoms with Gasteiger partial charge in [0.15, 0.2) is 0 Å². The van der Waals surface area contributed by atoms with Gasteiger partial charge < -0.3 is 0 Å². The predicted octanol–water partition coefficient (Wildman–Crippen LogP) is 2.90. The zero-order chi connectivity index (χ0) is 7.98. The smallest absolute Gasteiger partial charge is 0.125 e. The van der Waals surface area contributed by atoms with Crippen molar-refractivity contribution in [3.8, 4) is 0 Å². The van der Waals surface area contributed by atoms with E-state index in [-0.39, 0.29) is 5.83 Å². The lowest BCUT2D eigenvalue weighted by molar-refractivity contribution is 0.659. The van der Waals surface area contributed by atoms with Gasteiger partial charge in [0.05, 0.1) is 0 Å². The van der Waals surface area contributed by atoms with E-state index < -0.39 is 0 Å². The molecule has 0 rings (SSSR count). The van der Waals surface area contributed by atoms with Gasteiger partial charge in [-0.3, -0.25) is 0 Å². The van der Waals surface area contributed by atoms with Crippen LogP contribution < -0.4 is 0 Å². The monoisotopic (exact) mass is 158 g/mol. The molecule has 0 saturated carbocycles. The summed E-state index contributed by atoms with van der Waals surface area (Å²) in [6, 6.07) is 0. The zero-order valence-electron chi connectivity index (χ0n) is 5.97. The molecule has 56 valence electrons. The summed E-state index contributed by atoms with van der Waals surface area (Å²) >= 11 is 3.94. The average molecular weight is 158 g/mol. The molecule has 0 nitrogen and oxygen atoms in total. The first-order valence-corrected chi connectivity index (χ1v) is 3.61. The van der Waals surface area contributed by atoms with Crippen molar-refractivity contribution in [2.24, 2.45) is 0 Å². The molecule has 0 bridgehead atoms. The lowest BCUT2D eigenvalue weighted by Gasteiger charge is -1.90. The minimum absolute atomic E-state index is 0.280. The van der Waals surface area contributed by atoms with Crippen LogP contribution in [0.1, 0.15) is 6.92 Å². The van der Waals surface area contributed by atoms with E-state index in [1.165, 1.54) is 6.08 Å². The van der Waals surface area contributed by atoms with Gasteiger partial charge in [0.1, 0.15) is 5.83 Å². The molecule has 10 heavy (non-hydrogen) atoms. The van der Waals surface area contributed by atoms with Gasteiger partial charge in [0, 0.05) is 5.75 Å². The molecule has 0 heterocycles. The molecule has 0 aliphatic carbocycles. The maximum absolute atomic E-state index is 12.5. The third-order valence-corrected chi connectivity index (χ3v) is 1.24. The van der Waals surface area contributed by atoms with Crippen LogP contribution in [0.2, 0.25) is 0 Å². The van der Waals surface area contributed by atoms with Crippen LogP contribution in [0.15, 0.2) is 36.2 Å². The van der Waals surface area contributed by atoms with Crippen molar-refractivity contribution in [3.63, 3.8) is 0 Å². The first-order chi connectivity index (χ1) is 4.72.